The highest BCUT2D eigenvalue weighted by Gasteiger charge is 2.18. The van der Waals surface area contributed by atoms with E-state index in [1.54, 1.807) is 13.2 Å². The van der Waals surface area contributed by atoms with Crippen LogP contribution in [0, 0.1) is 0 Å². The lowest BCUT2D eigenvalue weighted by atomic mass is 10.0. The van der Waals surface area contributed by atoms with E-state index in [0.717, 1.165) is 33.6 Å². The summed E-state index contributed by atoms with van der Waals surface area (Å²) in [6.07, 6.45) is 0.615. The molecular formula is C24H20N4O3. The number of hydrogen-bond donors (Lipinski definition) is 1. The molecule has 1 N–H and O–H groups in total. The lowest BCUT2D eigenvalue weighted by molar-refractivity contribution is 0.387. The number of rotatable bonds is 5. The molecule has 0 atom stereocenters. The van der Waals surface area contributed by atoms with E-state index >= 15 is 0 Å². The second kappa shape index (κ2) is 7.60. The Balaban J connectivity index is 1.67. The number of aryl methyl sites for hydroxylation is 1. The quantitative estimate of drug-likeness (QED) is 0.468. The number of aromatic amines is 1. The molecule has 7 nitrogen and oxygen atoms in total. The minimum Gasteiger partial charge on any atom is -0.497 e. The molecule has 0 spiro atoms. The van der Waals surface area contributed by atoms with Crippen molar-refractivity contribution in [2.45, 2.75) is 6.42 Å². The highest BCUT2D eigenvalue weighted by molar-refractivity contribution is 5.93. The van der Waals surface area contributed by atoms with E-state index in [9.17, 15) is 4.79 Å². The van der Waals surface area contributed by atoms with Crippen molar-refractivity contribution in [3.8, 4) is 28.5 Å². The van der Waals surface area contributed by atoms with Gasteiger partial charge >= 0.3 is 5.76 Å². The number of H-pyrrole nitrogens is 1. The smallest absolute Gasteiger partial charge is 0.439 e. The van der Waals surface area contributed by atoms with Crippen LogP contribution in [0.5, 0.6) is 5.75 Å². The Morgan fingerprint density at radius 1 is 1.06 bits per heavy atom. The van der Waals surface area contributed by atoms with Crippen LogP contribution in [0.15, 0.2) is 76.0 Å². The zero-order chi connectivity index (χ0) is 21.4. The lowest BCUT2D eigenvalue weighted by Gasteiger charge is -2.09. The molecule has 0 radical (unpaired) electrons. The maximum absolute atomic E-state index is 11.3. The van der Waals surface area contributed by atoms with Crippen LogP contribution < -0.4 is 10.5 Å². The van der Waals surface area contributed by atoms with Crippen molar-refractivity contribution in [1.82, 2.24) is 19.7 Å². The van der Waals surface area contributed by atoms with Crippen LogP contribution in [-0.4, -0.2) is 26.8 Å². The predicted molar refractivity (Wildman–Crippen MR) is 118 cm³/mol. The molecule has 0 unspecified atom stereocenters. The van der Waals surface area contributed by atoms with Gasteiger partial charge < -0.3 is 9.30 Å². The molecule has 0 amide bonds. The molecular weight excluding hydrogens is 392 g/mol. The average Bonchev–Trinajstić information content (AvgIpc) is 3.36. The van der Waals surface area contributed by atoms with Crippen molar-refractivity contribution in [2.75, 3.05) is 7.11 Å². The Morgan fingerprint density at radius 2 is 1.90 bits per heavy atom. The molecule has 5 rings (SSSR count). The van der Waals surface area contributed by atoms with Gasteiger partial charge in [0, 0.05) is 30.6 Å². The van der Waals surface area contributed by atoms with Gasteiger partial charge in [0.1, 0.15) is 11.4 Å². The first-order valence-corrected chi connectivity index (χ1v) is 9.87. The van der Waals surface area contributed by atoms with Gasteiger partial charge in [0.2, 0.25) is 5.82 Å². The number of methoxy groups -OCH3 is 1. The Kier molecular flexibility index (Phi) is 4.63. The molecule has 0 saturated carbocycles. The summed E-state index contributed by atoms with van der Waals surface area (Å²) in [4.78, 5) is 18.6. The van der Waals surface area contributed by atoms with E-state index in [-0.39, 0.29) is 0 Å². The van der Waals surface area contributed by atoms with E-state index in [2.05, 4.69) is 50.5 Å². The van der Waals surface area contributed by atoms with Crippen molar-refractivity contribution in [3.05, 3.63) is 88.5 Å². The third-order valence-electron chi connectivity index (χ3n) is 5.41. The first-order valence-electron chi connectivity index (χ1n) is 9.87. The summed E-state index contributed by atoms with van der Waals surface area (Å²) < 4.78 is 12.3. The van der Waals surface area contributed by atoms with Crippen LogP contribution in [0.3, 0.4) is 0 Å². The SMILES string of the molecule is COc1ccc2c(Cc3cccc(-c4noc(=O)[nH]4)n3)c(-c3ccccc3)n(C)c2c1. The monoisotopic (exact) mass is 412 g/mol. The summed E-state index contributed by atoms with van der Waals surface area (Å²) in [7, 11) is 3.74. The fraction of sp³-hybridized carbons (Fsp3) is 0.125. The Morgan fingerprint density at radius 3 is 2.65 bits per heavy atom. The molecule has 0 bridgehead atoms. The normalized spacial score (nSPS) is 11.2. The topological polar surface area (TPSA) is 85.9 Å². The standard InChI is InChI=1S/C24H20N4O3/c1-28-21-14-17(30-2)11-12-18(21)19(22(28)15-7-4-3-5-8-15)13-16-9-6-10-20(25-16)23-26-24(29)31-27-23/h3-12,14H,13H2,1-2H3,(H,26,27,29). The predicted octanol–water partition coefficient (Wildman–Crippen LogP) is 4.18. The molecule has 2 aromatic carbocycles. The zero-order valence-electron chi connectivity index (χ0n) is 17.1. The van der Waals surface area contributed by atoms with E-state index in [1.807, 2.05) is 36.4 Å². The van der Waals surface area contributed by atoms with E-state index in [4.69, 9.17) is 9.72 Å². The van der Waals surface area contributed by atoms with E-state index < -0.39 is 5.76 Å². The maximum Gasteiger partial charge on any atom is 0.439 e. The van der Waals surface area contributed by atoms with Gasteiger partial charge in [-0.3, -0.25) is 9.51 Å². The summed E-state index contributed by atoms with van der Waals surface area (Å²) in [5, 5.41) is 4.89. The molecule has 0 fully saturated rings. The number of hydrogen-bond acceptors (Lipinski definition) is 5. The zero-order valence-corrected chi connectivity index (χ0v) is 17.1. The molecule has 31 heavy (non-hydrogen) atoms. The number of nitrogens with one attached hydrogen (secondary N) is 1. The molecule has 3 heterocycles. The molecule has 0 aliphatic heterocycles. The van der Waals surface area contributed by atoms with Crippen LogP contribution in [0.25, 0.3) is 33.7 Å². The molecule has 7 heteroatoms. The second-order valence-corrected chi connectivity index (χ2v) is 7.27. The Hall–Kier alpha value is -4.13. The number of ether oxygens (including phenoxy) is 1. The lowest BCUT2D eigenvalue weighted by Crippen LogP contribution is -1.99. The largest absolute Gasteiger partial charge is 0.497 e. The number of nitrogens with zero attached hydrogens (tertiary/aromatic N) is 3. The van der Waals surface area contributed by atoms with Crippen molar-refractivity contribution in [3.63, 3.8) is 0 Å². The van der Waals surface area contributed by atoms with Crippen LogP contribution in [0.1, 0.15) is 11.3 Å². The molecule has 3 aromatic heterocycles. The average molecular weight is 412 g/mol. The van der Waals surface area contributed by atoms with Crippen LogP contribution in [0.2, 0.25) is 0 Å². The van der Waals surface area contributed by atoms with Gasteiger partial charge in [-0.1, -0.05) is 41.6 Å². The number of pyridine rings is 1. The van der Waals surface area contributed by atoms with Gasteiger partial charge in [0.15, 0.2) is 0 Å². The second-order valence-electron chi connectivity index (χ2n) is 7.27. The first-order chi connectivity index (χ1) is 15.1. The highest BCUT2D eigenvalue weighted by atomic mass is 16.5. The Bertz CT molecular complexity index is 1430. The van der Waals surface area contributed by atoms with Gasteiger partial charge in [0.25, 0.3) is 0 Å². The summed E-state index contributed by atoms with van der Waals surface area (Å²) in [6.45, 7) is 0. The van der Waals surface area contributed by atoms with Crippen molar-refractivity contribution in [2.24, 2.45) is 7.05 Å². The molecule has 0 saturated heterocycles. The van der Waals surface area contributed by atoms with Gasteiger partial charge in [-0.15, -0.1) is 0 Å². The molecule has 0 aliphatic rings. The maximum atomic E-state index is 11.3. The minimum absolute atomic E-state index is 0.317. The van der Waals surface area contributed by atoms with Crippen molar-refractivity contribution >= 4 is 10.9 Å². The third kappa shape index (κ3) is 3.40. The highest BCUT2D eigenvalue weighted by Crippen LogP contribution is 2.36. The number of fused-ring (bicyclic) bond motifs is 1. The van der Waals surface area contributed by atoms with Gasteiger partial charge in [0.05, 0.1) is 18.3 Å². The van der Waals surface area contributed by atoms with Crippen LogP contribution in [0.4, 0.5) is 0 Å². The van der Waals surface area contributed by atoms with Crippen molar-refractivity contribution < 1.29 is 9.26 Å². The van der Waals surface area contributed by atoms with Crippen LogP contribution in [-0.2, 0) is 13.5 Å². The third-order valence-corrected chi connectivity index (χ3v) is 5.41. The number of aromatic nitrogens is 4. The fourth-order valence-corrected chi connectivity index (χ4v) is 4.00. The van der Waals surface area contributed by atoms with Crippen molar-refractivity contribution in [1.29, 1.82) is 0 Å². The van der Waals surface area contributed by atoms with Gasteiger partial charge in [-0.05, 0) is 35.4 Å². The Labute approximate surface area is 177 Å². The molecule has 0 aliphatic carbocycles. The van der Waals surface area contributed by atoms with Gasteiger partial charge in [-0.25, -0.2) is 9.78 Å². The summed E-state index contributed by atoms with van der Waals surface area (Å²) in [5.74, 6) is 0.531. The molecule has 154 valence electrons. The number of benzene rings is 2. The summed E-state index contributed by atoms with van der Waals surface area (Å²) in [5.41, 5.74) is 5.95. The van der Waals surface area contributed by atoms with E-state index in [0.29, 0.717) is 17.9 Å². The summed E-state index contributed by atoms with van der Waals surface area (Å²) in [6, 6.07) is 22.1. The van der Waals surface area contributed by atoms with Crippen LogP contribution >= 0.6 is 0 Å². The first kappa shape index (κ1) is 18.9. The van der Waals surface area contributed by atoms with E-state index in [1.165, 1.54) is 5.56 Å². The minimum atomic E-state index is -0.600. The summed E-state index contributed by atoms with van der Waals surface area (Å²) >= 11 is 0. The molecule has 5 aromatic rings. The van der Waals surface area contributed by atoms with Gasteiger partial charge in [-0.2, -0.15) is 0 Å². The fourth-order valence-electron chi connectivity index (χ4n) is 4.00.